The number of anilines is 1. The Morgan fingerprint density at radius 3 is 2.50 bits per heavy atom. The average Bonchev–Trinajstić information content (AvgIpc) is 2.47. The minimum Gasteiger partial charge on any atom is -0.466 e. The van der Waals surface area contributed by atoms with Crippen LogP contribution in [-0.4, -0.2) is 31.3 Å². The van der Waals surface area contributed by atoms with Crippen LogP contribution in [0.4, 0.5) is 5.69 Å². The van der Waals surface area contributed by atoms with Gasteiger partial charge in [-0.3, -0.25) is 0 Å². The van der Waals surface area contributed by atoms with Gasteiger partial charge in [0.05, 0.1) is 26.9 Å². The molecule has 20 heavy (non-hydrogen) atoms. The van der Waals surface area contributed by atoms with Gasteiger partial charge in [0.25, 0.3) is 0 Å². The van der Waals surface area contributed by atoms with E-state index in [9.17, 15) is 9.59 Å². The maximum absolute atomic E-state index is 11.6. The highest BCUT2D eigenvalue weighted by Crippen LogP contribution is 2.19. The van der Waals surface area contributed by atoms with Crippen molar-refractivity contribution in [1.82, 2.24) is 0 Å². The van der Waals surface area contributed by atoms with Crippen molar-refractivity contribution < 1.29 is 24.2 Å². The van der Waals surface area contributed by atoms with Crippen molar-refractivity contribution in [3.05, 3.63) is 41.1 Å². The summed E-state index contributed by atoms with van der Waals surface area (Å²) in [5, 5.41) is 11.9. The Bertz CT molecular complexity index is 536. The molecule has 0 aliphatic carbocycles. The molecular formula is C14H17NO5. The molecule has 0 heterocycles. The zero-order valence-corrected chi connectivity index (χ0v) is 11.6. The molecule has 108 valence electrons. The summed E-state index contributed by atoms with van der Waals surface area (Å²) in [6.07, 6.45) is 1.02. The average molecular weight is 279 g/mol. The summed E-state index contributed by atoms with van der Waals surface area (Å²) in [5.41, 5.74) is 2.17. The minimum atomic E-state index is -0.680. The van der Waals surface area contributed by atoms with Gasteiger partial charge in [-0.1, -0.05) is 12.1 Å². The van der Waals surface area contributed by atoms with E-state index in [0.29, 0.717) is 5.69 Å². The third kappa shape index (κ3) is 4.10. The highest BCUT2D eigenvalue weighted by molar-refractivity contribution is 5.98. The van der Waals surface area contributed by atoms with Crippen molar-refractivity contribution in [2.75, 3.05) is 19.5 Å². The molecule has 0 radical (unpaired) electrons. The summed E-state index contributed by atoms with van der Waals surface area (Å²) in [4.78, 5) is 22.8. The molecule has 0 aliphatic heterocycles. The molecule has 2 N–H and O–H groups in total. The molecule has 1 rings (SSSR count). The van der Waals surface area contributed by atoms with Gasteiger partial charge in [0.1, 0.15) is 5.70 Å². The molecule has 0 saturated heterocycles. The van der Waals surface area contributed by atoms with E-state index in [1.807, 2.05) is 6.92 Å². The van der Waals surface area contributed by atoms with Crippen LogP contribution >= 0.6 is 0 Å². The van der Waals surface area contributed by atoms with Gasteiger partial charge in [-0.05, 0) is 24.1 Å². The van der Waals surface area contributed by atoms with E-state index < -0.39 is 11.9 Å². The summed E-state index contributed by atoms with van der Waals surface area (Å²) in [5.74, 6) is -1.34. The molecule has 1 aromatic carbocycles. The highest BCUT2D eigenvalue weighted by Gasteiger charge is 2.13. The van der Waals surface area contributed by atoms with Crippen molar-refractivity contribution >= 4 is 17.6 Å². The standard InChI is InChI=1S/C14H17NO5/c1-9-6-10(8-16)4-5-11(9)15-12(14(18)20-3)7-13(17)19-2/h4-7,15-16H,8H2,1-3H3/b12-7+. The first-order chi connectivity index (χ1) is 9.51. The number of esters is 2. The lowest BCUT2D eigenvalue weighted by molar-refractivity contribution is -0.138. The fraction of sp³-hybridized carbons (Fsp3) is 0.286. The minimum absolute atomic E-state index is 0.0285. The van der Waals surface area contributed by atoms with Crippen LogP contribution in [0.25, 0.3) is 0 Å². The van der Waals surface area contributed by atoms with Crippen LogP contribution in [0.5, 0.6) is 0 Å². The Balaban J connectivity index is 3.04. The molecule has 0 aromatic heterocycles. The predicted molar refractivity (Wildman–Crippen MR) is 72.8 cm³/mol. The van der Waals surface area contributed by atoms with Crippen LogP contribution in [0.3, 0.4) is 0 Å². The van der Waals surface area contributed by atoms with E-state index in [1.54, 1.807) is 18.2 Å². The summed E-state index contributed by atoms with van der Waals surface area (Å²) >= 11 is 0. The lowest BCUT2D eigenvalue weighted by Crippen LogP contribution is -2.16. The number of benzene rings is 1. The number of aryl methyl sites for hydroxylation is 1. The van der Waals surface area contributed by atoms with Gasteiger partial charge < -0.3 is 19.9 Å². The van der Waals surface area contributed by atoms with E-state index in [1.165, 1.54) is 14.2 Å². The monoisotopic (exact) mass is 279 g/mol. The fourth-order valence-electron chi connectivity index (χ4n) is 1.54. The number of ether oxygens (including phenoxy) is 2. The summed E-state index contributed by atoms with van der Waals surface area (Å²) in [7, 11) is 2.44. The fourth-order valence-corrected chi connectivity index (χ4v) is 1.54. The lowest BCUT2D eigenvalue weighted by atomic mass is 10.1. The number of carbonyl (C=O) groups excluding carboxylic acids is 2. The second-order valence-corrected chi connectivity index (χ2v) is 4.01. The van der Waals surface area contributed by atoms with Crippen LogP contribution in [0.15, 0.2) is 30.0 Å². The molecule has 0 aliphatic rings. The second kappa shape index (κ2) is 7.30. The maximum Gasteiger partial charge on any atom is 0.354 e. The zero-order valence-electron chi connectivity index (χ0n) is 11.6. The molecule has 6 nitrogen and oxygen atoms in total. The number of hydrogen-bond donors (Lipinski definition) is 2. The summed E-state index contributed by atoms with van der Waals surface area (Å²) < 4.78 is 9.08. The van der Waals surface area contributed by atoms with E-state index in [2.05, 4.69) is 14.8 Å². The number of hydrogen-bond acceptors (Lipinski definition) is 6. The molecule has 0 unspecified atom stereocenters. The Labute approximate surface area is 117 Å². The molecular weight excluding hydrogens is 262 g/mol. The van der Waals surface area contributed by atoms with Crippen molar-refractivity contribution in [2.45, 2.75) is 13.5 Å². The van der Waals surface area contributed by atoms with E-state index in [0.717, 1.165) is 17.2 Å². The molecule has 0 saturated carbocycles. The third-order valence-corrected chi connectivity index (χ3v) is 2.61. The normalized spacial score (nSPS) is 10.9. The van der Waals surface area contributed by atoms with Crippen LogP contribution in [0.2, 0.25) is 0 Å². The van der Waals surface area contributed by atoms with Gasteiger partial charge in [-0.15, -0.1) is 0 Å². The van der Waals surface area contributed by atoms with Gasteiger partial charge in [0, 0.05) is 5.69 Å². The van der Waals surface area contributed by atoms with Crippen molar-refractivity contribution in [1.29, 1.82) is 0 Å². The number of rotatable bonds is 5. The molecule has 0 atom stereocenters. The van der Waals surface area contributed by atoms with Crippen molar-refractivity contribution in [2.24, 2.45) is 0 Å². The smallest absolute Gasteiger partial charge is 0.354 e. The number of carbonyl (C=O) groups is 2. The SMILES string of the molecule is COC(=O)/C=C(/Nc1ccc(CO)cc1C)C(=O)OC. The molecule has 0 spiro atoms. The Morgan fingerprint density at radius 1 is 1.30 bits per heavy atom. The van der Waals surface area contributed by atoms with E-state index in [4.69, 9.17) is 5.11 Å². The topological polar surface area (TPSA) is 84.9 Å². The van der Waals surface area contributed by atoms with Gasteiger partial charge in [0.2, 0.25) is 0 Å². The molecule has 6 heteroatoms. The van der Waals surface area contributed by atoms with E-state index >= 15 is 0 Å². The quantitative estimate of drug-likeness (QED) is 0.621. The maximum atomic E-state index is 11.6. The number of nitrogens with one attached hydrogen (secondary N) is 1. The lowest BCUT2D eigenvalue weighted by Gasteiger charge is -2.12. The summed E-state index contributed by atoms with van der Waals surface area (Å²) in [6.45, 7) is 1.75. The first-order valence-corrected chi connectivity index (χ1v) is 5.87. The molecule has 1 aromatic rings. The van der Waals surface area contributed by atoms with Gasteiger partial charge >= 0.3 is 11.9 Å². The highest BCUT2D eigenvalue weighted by atomic mass is 16.5. The van der Waals surface area contributed by atoms with E-state index in [-0.39, 0.29) is 12.3 Å². The van der Waals surface area contributed by atoms with Crippen LogP contribution in [-0.2, 0) is 25.7 Å². The summed E-state index contributed by atoms with van der Waals surface area (Å²) in [6, 6.07) is 5.19. The number of methoxy groups -OCH3 is 2. The van der Waals surface area contributed by atoms with Crippen LogP contribution in [0, 0.1) is 6.92 Å². The predicted octanol–water partition coefficient (Wildman–Crippen LogP) is 1.13. The number of aliphatic hydroxyl groups excluding tert-OH is 1. The Kier molecular flexibility index (Phi) is 5.74. The molecule has 0 fully saturated rings. The zero-order chi connectivity index (χ0) is 15.1. The van der Waals surface area contributed by atoms with Gasteiger partial charge in [-0.2, -0.15) is 0 Å². The van der Waals surface area contributed by atoms with Crippen LogP contribution < -0.4 is 5.32 Å². The first-order valence-electron chi connectivity index (χ1n) is 5.87. The van der Waals surface area contributed by atoms with Gasteiger partial charge in [-0.25, -0.2) is 9.59 Å². The van der Waals surface area contributed by atoms with Crippen molar-refractivity contribution in [3.63, 3.8) is 0 Å². The third-order valence-electron chi connectivity index (χ3n) is 2.61. The first kappa shape index (κ1) is 15.7. The van der Waals surface area contributed by atoms with Crippen molar-refractivity contribution in [3.8, 4) is 0 Å². The van der Waals surface area contributed by atoms with Crippen LogP contribution in [0.1, 0.15) is 11.1 Å². The molecule has 0 amide bonds. The second-order valence-electron chi connectivity index (χ2n) is 4.01. The Hall–Kier alpha value is -2.34. The Morgan fingerprint density at radius 2 is 2.00 bits per heavy atom. The van der Waals surface area contributed by atoms with Gasteiger partial charge in [0.15, 0.2) is 0 Å². The largest absolute Gasteiger partial charge is 0.466 e. The molecule has 0 bridgehead atoms. The number of aliphatic hydroxyl groups is 1.